The quantitative estimate of drug-likeness (QED) is 0.856. The normalized spacial score (nSPS) is 23.6. The molecule has 0 saturated heterocycles. The first kappa shape index (κ1) is 16.4. The van der Waals surface area contributed by atoms with E-state index in [4.69, 9.17) is 4.74 Å². The van der Waals surface area contributed by atoms with Gasteiger partial charge in [0.2, 0.25) is 5.13 Å². The minimum atomic E-state index is -0.227. The Balaban J connectivity index is 1.35. The van der Waals surface area contributed by atoms with Gasteiger partial charge in [0, 0.05) is 24.3 Å². The standard InChI is InChI=1S/C17H21N5O2S/c1-2-24-13-10-12(17(13)7-5-8-17)19-15(23)20-16-22-21-14(25-16)11-6-3-4-9-18-11/h3-4,6,9,12-13H,2,5,7-8,10H2,1H3,(H2,19,20,22,23)/t12-,13+/m1/s1. The first-order valence-corrected chi connectivity index (χ1v) is 9.47. The minimum absolute atomic E-state index is 0.146. The Labute approximate surface area is 150 Å². The lowest BCUT2D eigenvalue weighted by atomic mass is 9.51. The molecule has 2 heterocycles. The van der Waals surface area contributed by atoms with Gasteiger partial charge in [-0.3, -0.25) is 10.3 Å². The fourth-order valence-corrected chi connectivity index (χ4v) is 4.51. The number of pyridine rings is 1. The largest absolute Gasteiger partial charge is 0.378 e. The van der Waals surface area contributed by atoms with Gasteiger partial charge < -0.3 is 10.1 Å². The monoisotopic (exact) mass is 359 g/mol. The van der Waals surface area contributed by atoms with Crippen LogP contribution >= 0.6 is 11.3 Å². The fraction of sp³-hybridized carbons (Fsp3) is 0.529. The van der Waals surface area contributed by atoms with Gasteiger partial charge in [0.25, 0.3) is 0 Å². The lowest BCUT2D eigenvalue weighted by Gasteiger charge is -2.60. The van der Waals surface area contributed by atoms with Crippen molar-refractivity contribution < 1.29 is 9.53 Å². The fourth-order valence-electron chi connectivity index (χ4n) is 3.80. The van der Waals surface area contributed by atoms with Crippen LogP contribution in [0.2, 0.25) is 0 Å². The van der Waals surface area contributed by atoms with Crippen molar-refractivity contribution >= 4 is 22.5 Å². The van der Waals surface area contributed by atoms with Gasteiger partial charge in [-0.2, -0.15) is 0 Å². The van der Waals surface area contributed by atoms with Crippen molar-refractivity contribution in [1.82, 2.24) is 20.5 Å². The van der Waals surface area contributed by atoms with E-state index in [0.29, 0.717) is 10.1 Å². The predicted molar refractivity (Wildman–Crippen MR) is 95.4 cm³/mol. The molecule has 2 aliphatic rings. The van der Waals surface area contributed by atoms with Crippen LogP contribution in [0, 0.1) is 5.41 Å². The Morgan fingerprint density at radius 1 is 1.40 bits per heavy atom. The highest BCUT2D eigenvalue weighted by Gasteiger charge is 2.59. The van der Waals surface area contributed by atoms with E-state index in [1.54, 1.807) is 6.20 Å². The van der Waals surface area contributed by atoms with Gasteiger partial charge in [0.1, 0.15) is 5.69 Å². The number of amides is 2. The summed E-state index contributed by atoms with van der Waals surface area (Å²) in [6, 6.07) is 5.57. The summed E-state index contributed by atoms with van der Waals surface area (Å²) in [4.78, 5) is 16.6. The van der Waals surface area contributed by atoms with Crippen LogP contribution in [0.15, 0.2) is 24.4 Å². The van der Waals surface area contributed by atoms with Gasteiger partial charge in [-0.25, -0.2) is 4.79 Å². The number of anilines is 1. The van der Waals surface area contributed by atoms with Crippen molar-refractivity contribution in [2.75, 3.05) is 11.9 Å². The molecule has 0 unspecified atom stereocenters. The Kier molecular flexibility index (Phi) is 4.39. The zero-order valence-corrected chi connectivity index (χ0v) is 14.9. The molecule has 0 radical (unpaired) electrons. The molecule has 25 heavy (non-hydrogen) atoms. The zero-order valence-electron chi connectivity index (χ0n) is 14.1. The summed E-state index contributed by atoms with van der Waals surface area (Å²) in [5.74, 6) is 0. The summed E-state index contributed by atoms with van der Waals surface area (Å²) in [5.41, 5.74) is 0.897. The highest BCUT2D eigenvalue weighted by molar-refractivity contribution is 7.18. The Morgan fingerprint density at radius 3 is 2.96 bits per heavy atom. The Morgan fingerprint density at radius 2 is 2.28 bits per heavy atom. The smallest absolute Gasteiger partial charge is 0.321 e. The van der Waals surface area contributed by atoms with Crippen LogP contribution in [-0.4, -0.2) is 40.0 Å². The first-order valence-electron chi connectivity index (χ1n) is 8.65. The molecule has 0 bridgehead atoms. The van der Waals surface area contributed by atoms with Crippen molar-refractivity contribution in [3.8, 4) is 10.7 Å². The van der Waals surface area contributed by atoms with E-state index < -0.39 is 0 Å². The van der Waals surface area contributed by atoms with Crippen LogP contribution < -0.4 is 10.6 Å². The number of hydrogen-bond donors (Lipinski definition) is 2. The second-order valence-electron chi connectivity index (χ2n) is 6.54. The second-order valence-corrected chi connectivity index (χ2v) is 7.52. The van der Waals surface area contributed by atoms with Crippen molar-refractivity contribution in [2.24, 2.45) is 5.41 Å². The van der Waals surface area contributed by atoms with E-state index in [9.17, 15) is 4.79 Å². The van der Waals surface area contributed by atoms with Crippen LogP contribution in [0.25, 0.3) is 10.7 Å². The van der Waals surface area contributed by atoms with E-state index in [-0.39, 0.29) is 23.6 Å². The molecule has 132 valence electrons. The highest BCUT2D eigenvalue weighted by Crippen LogP contribution is 2.57. The SMILES string of the molecule is CCO[C@H]1C[C@@H](NC(=O)Nc2nnc(-c3ccccn3)s2)C12CCC2. The lowest BCUT2D eigenvalue weighted by molar-refractivity contribution is -0.169. The van der Waals surface area contributed by atoms with E-state index >= 15 is 0 Å². The Hall–Kier alpha value is -2.06. The number of hydrogen-bond acceptors (Lipinski definition) is 6. The third kappa shape index (κ3) is 3.00. The van der Waals surface area contributed by atoms with Gasteiger partial charge in [-0.1, -0.05) is 23.8 Å². The molecule has 0 aliphatic heterocycles. The van der Waals surface area contributed by atoms with E-state index in [0.717, 1.165) is 31.6 Å². The molecule has 2 N–H and O–H groups in total. The number of aromatic nitrogens is 3. The number of urea groups is 1. The number of nitrogens with one attached hydrogen (secondary N) is 2. The van der Waals surface area contributed by atoms with Crippen LogP contribution in [-0.2, 0) is 4.74 Å². The molecule has 2 saturated carbocycles. The minimum Gasteiger partial charge on any atom is -0.378 e. The average molecular weight is 359 g/mol. The summed E-state index contributed by atoms with van der Waals surface area (Å²) in [5, 5.41) is 15.2. The molecule has 1 spiro atoms. The van der Waals surface area contributed by atoms with Crippen LogP contribution in [0.4, 0.5) is 9.93 Å². The number of ether oxygens (including phenoxy) is 1. The zero-order chi connectivity index (χ0) is 17.3. The van der Waals surface area contributed by atoms with Crippen LogP contribution in [0.5, 0.6) is 0 Å². The van der Waals surface area contributed by atoms with E-state index in [2.05, 4.69) is 25.8 Å². The van der Waals surface area contributed by atoms with E-state index in [1.807, 2.05) is 25.1 Å². The van der Waals surface area contributed by atoms with Gasteiger partial charge >= 0.3 is 6.03 Å². The molecule has 2 aromatic heterocycles. The molecule has 7 nitrogen and oxygen atoms in total. The summed E-state index contributed by atoms with van der Waals surface area (Å²) in [7, 11) is 0. The third-order valence-corrected chi connectivity index (χ3v) is 6.13. The van der Waals surface area contributed by atoms with Gasteiger partial charge in [0.15, 0.2) is 5.01 Å². The number of nitrogens with zero attached hydrogens (tertiary/aromatic N) is 3. The van der Waals surface area contributed by atoms with Crippen LogP contribution in [0.1, 0.15) is 32.6 Å². The summed E-state index contributed by atoms with van der Waals surface area (Å²) >= 11 is 1.31. The van der Waals surface area contributed by atoms with Crippen molar-refractivity contribution in [2.45, 2.75) is 44.8 Å². The maximum Gasteiger partial charge on any atom is 0.321 e. The average Bonchev–Trinajstić information content (AvgIpc) is 3.01. The predicted octanol–water partition coefficient (Wildman–Crippen LogP) is 3.07. The molecular weight excluding hydrogens is 338 g/mol. The lowest BCUT2D eigenvalue weighted by Crippen LogP contribution is -2.68. The van der Waals surface area contributed by atoms with Gasteiger partial charge in [-0.15, -0.1) is 10.2 Å². The summed E-state index contributed by atoms with van der Waals surface area (Å²) in [6.07, 6.45) is 6.36. The molecule has 2 atom stereocenters. The molecule has 2 amide bonds. The molecule has 0 aromatic carbocycles. The van der Waals surface area contributed by atoms with Crippen molar-refractivity contribution in [1.29, 1.82) is 0 Å². The first-order chi connectivity index (χ1) is 12.2. The van der Waals surface area contributed by atoms with E-state index in [1.165, 1.54) is 17.8 Å². The molecule has 2 aromatic rings. The third-order valence-electron chi connectivity index (χ3n) is 5.27. The van der Waals surface area contributed by atoms with Gasteiger partial charge in [-0.05, 0) is 38.3 Å². The van der Waals surface area contributed by atoms with Crippen molar-refractivity contribution in [3.63, 3.8) is 0 Å². The maximum atomic E-state index is 12.3. The summed E-state index contributed by atoms with van der Waals surface area (Å²) < 4.78 is 5.82. The molecule has 2 aliphatic carbocycles. The molecule has 2 fully saturated rings. The number of carbonyl (C=O) groups is 1. The molecular formula is C17H21N5O2S. The van der Waals surface area contributed by atoms with Crippen molar-refractivity contribution in [3.05, 3.63) is 24.4 Å². The Bertz CT molecular complexity index is 747. The maximum absolute atomic E-state index is 12.3. The second kappa shape index (κ2) is 6.68. The highest BCUT2D eigenvalue weighted by atomic mass is 32.1. The van der Waals surface area contributed by atoms with Gasteiger partial charge in [0.05, 0.1) is 6.10 Å². The molecule has 4 rings (SSSR count). The number of carbonyl (C=O) groups excluding carboxylic acids is 1. The van der Waals surface area contributed by atoms with Crippen LogP contribution in [0.3, 0.4) is 0 Å². The number of rotatable bonds is 5. The molecule has 8 heteroatoms. The topological polar surface area (TPSA) is 89.0 Å². The summed E-state index contributed by atoms with van der Waals surface area (Å²) in [6.45, 7) is 2.75.